The number of carbonyl (C=O) groups excluding carboxylic acids is 1. The van der Waals surface area contributed by atoms with Gasteiger partial charge in [0.25, 0.3) is 10.1 Å². The highest BCUT2D eigenvalue weighted by molar-refractivity contribution is 7.86. The van der Waals surface area contributed by atoms with Crippen LogP contribution in [0.25, 0.3) is 0 Å². The lowest BCUT2D eigenvalue weighted by Gasteiger charge is -2.27. The Morgan fingerprint density at radius 2 is 2.00 bits per heavy atom. The van der Waals surface area contributed by atoms with E-state index in [-0.39, 0.29) is 19.6 Å². The van der Waals surface area contributed by atoms with E-state index in [9.17, 15) is 18.3 Å². The number of hydrogen-bond donors (Lipinski definition) is 1. The summed E-state index contributed by atoms with van der Waals surface area (Å²) >= 11 is 0. The van der Waals surface area contributed by atoms with E-state index in [1.165, 1.54) is 4.90 Å². The largest absolute Gasteiger partial charge is 0.444 e. The molecular weight excluding hydrogens is 274 g/mol. The molecule has 7 nitrogen and oxygen atoms in total. The summed E-state index contributed by atoms with van der Waals surface area (Å²) in [5.74, 6) is 0. The van der Waals surface area contributed by atoms with E-state index in [2.05, 4.69) is 0 Å². The van der Waals surface area contributed by atoms with Crippen LogP contribution < -0.4 is 0 Å². The number of amides is 1. The normalized spacial score (nSPS) is 24.6. The maximum absolute atomic E-state index is 11.9. The van der Waals surface area contributed by atoms with Gasteiger partial charge in [-0.05, 0) is 27.2 Å². The molecule has 1 rings (SSSR count). The van der Waals surface area contributed by atoms with Crippen LogP contribution in [0.2, 0.25) is 0 Å². The van der Waals surface area contributed by atoms with Crippen molar-refractivity contribution >= 4 is 16.2 Å². The van der Waals surface area contributed by atoms with Crippen LogP contribution in [-0.2, 0) is 19.0 Å². The van der Waals surface area contributed by atoms with Gasteiger partial charge in [0.2, 0.25) is 0 Å². The Bertz CT molecular complexity index is 427. The standard InChI is InChI=1S/C11H21NO6S/c1-11(2,3)17-10(14)12-6-9(5-8(12)7-13)18-19(4,15)16/h8-9,13H,5-7H2,1-4H3/t8-,9-/m0/s1. The fourth-order valence-electron chi connectivity index (χ4n) is 1.91. The second-order valence-electron chi connectivity index (χ2n) is 5.63. The lowest BCUT2D eigenvalue weighted by Crippen LogP contribution is -2.41. The summed E-state index contributed by atoms with van der Waals surface area (Å²) in [5.41, 5.74) is -0.646. The van der Waals surface area contributed by atoms with Crippen molar-refractivity contribution in [3.63, 3.8) is 0 Å². The van der Waals surface area contributed by atoms with Crippen molar-refractivity contribution in [1.29, 1.82) is 0 Å². The van der Waals surface area contributed by atoms with Gasteiger partial charge in [-0.3, -0.25) is 4.18 Å². The highest BCUT2D eigenvalue weighted by Gasteiger charge is 2.39. The molecule has 1 fully saturated rings. The molecule has 1 aliphatic heterocycles. The van der Waals surface area contributed by atoms with Gasteiger partial charge >= 0.3 is 6.09 Å². The molecule has 0 aromatic rings. The van der Waals surface area contributed by atoms with E-state index in [1.54, 1.807) is 20.8 Å². The van der Waals surface area contributed by atoms with E-state index in [0.29, 0.717) is 0 Å². The number of aliphatic hydroxyl groups excluding tert-OH is 1. The summed E-state index contributed by atoms with van der Waals surface area (Å²) in [6.07, 6.45) is 0.00529. The second-order valence-corrected chi connectivity index (χ2v) is 7.23. The average Bonchev–Trinajstić information content (AvgIpc) is 2.55. The maximum Gasteiger partial charge on any atom is 0.410 e. The van der Waals surface area contributed by atoms with E-state index < -0.39 is 34.0 Å². The molecule has 2 atom stereocenters. The Morgan fingerprint density at radius 1 is 1.42 bits per heavy atom. The quantitative estimate of drug-likeness (QED) is 0.754. The third kappa shape index (κ3) is 5.33. The van der Waals surface area contributed by atoms with E-state index >= 15 is 0 Å². The third-order valence-electron chi connectivity index (χ3n) is 2.53. The van der Waals surface area contributed by atoms with E-state index in [0.717, 1.165) is 6.26 Å². The lowest BCUT2D eigenvalue weighted by atomic mass is 10.2. The van der Waals surface area contributed by atoms with Crippen molar-refractivity contribution in [3.8, 4) is 0 Å². The first-order valence-corrected chi connectivity index (χ1v) is 7.82. The molecule has 0 aliphatic carbocycles. The molecule has 1 saturated heterocycles. The lowest BCUT2D eigenvalue weighted by molar-refractivity contribution is 0.0166. The number of carbonyl (C=O) groups is 1. The van der Waals surface area contributed by atoms with Gasteiger partial charge < -0.3 is 14.7 Å². The summed E-state index contributed by atoms with van der Waals surface area (Å²) in [5, 5.41) is 9.25. The number of ether oxygens (including phenoxy) is 1. The number of nitrogens with zero attached hydrogens (tertiary/aromatic N) is 1. The van der Waals surface area contributed by atoms with Gasteiger partial charge in [0.1, 0.15) is 5.60 Å². The van der Waals surface area contributed by atoms with Crippen LogP contribution in [0.4, 0.5) is 4.79 Å². The molecule has 1 N–H and O–H groups in total. The number of aliphatic hydroxyl groups is 1. The van der Waals surface area contributed by atoms with Crippen molar-refractivity contribution in [2.24, 2.45) is 0 Å². The molecule has 112 valence electrons. The fraction of sp³-hybridized carbons (Fsp3) is 0.909. The molecule has 1 aliphatic rings. The predicted molar refractivity (Wildman–Crippen MR) is 68.1 cm³/mol. The van der Waals surface area contributed by atoms with Crippen molar-refractivity contribution < 1.29 is 27.2 Å². The minimum atomic E-state index is -3.58. The molecule has 1 amide bonds. The predicted octanol–water partition coefficient (Wildman–Crippen LogP) is 0.333. The fourth-order valence-corrected chi connectivity index (χ4v) is 2.54. The number of likely N-dealkylation sites (tertiary alicyclic amines) is 1. The van der Waals surface area contributed by atoms with Gasteiger partial charge in [-0.15, -0.1) is 0 Å². The molecule has 0 aromatic carbocycles. The molecule has 0 saturated carbocycles. The highest BCUT2D eigenvalue weighted by Crippen LogP contribution is 2.23. The first-order valence-electron chi connectivity index (χ1n) is 6.00. The van der Waals surface area contributed by atoms with Gasteiger partial charge in [0.05, 0.1) is 31.6 Å². The molecule has 1 heterocycles. The van der Waals surface area contributed by atoms with Gasteiger partial charge in [-0.25, -0.2) is 4.79 Å². The average molecular weight is 295 g/mol. The molecule has 0 bridgehead atoms. The van der Waals surface area contributed by atoms with Crippen molar-refractivity contribution in [1.82, 2.24) is 4.90 Å². The number of hydrogen-bond acceptors (Lipinski definition) is 6. The van der Waals surface area contributed by atoms with E-state index in [4.69, 9.17) is 8.92 Å². The smallest absolute Gasteiger partial charge is 0.410 e. The molecule has 0 radical (unpaired) electrons. The minimum Gasteiger partial charge on any atom is -0.444 e. The van der Waals surface area contributed by atoms with Gasteiger partial charge in [0.15, 0.2) is 0 Å². The zero-order chi connectivity index (χ0) is 14.8. The van der Waals surface area contributed by atoms with Gasteiger partial charge in [-0.2, -0.15) is 8.42 Å². The maximum atomic E-state index is 11.9. The third-order valence-corrected chi connectivity index (χ3v) is 3.15. The molecule has 0 spiro atoms. The Labute approximate surface area is 113 Å². The molecule has 8 heteroatoms. The van der Waals surface area contributed by atoms with Crippen LogP contribution in [0.5, 0.6) is 0 Å². The summed E-state index contributed by atoms with van der Waals surface area (Å²) in [7, 11) is -3.58. The first-order chi connectivity index (χ1) is 8.52. The van der Waals surface area contributed by atoms with Crippen LogP contribution in [0, 0.1) is 0 Å². The Hall–Kier alpha value is -0.860. The summed E-state index contributed by atoms with van der Waals surface area (Å²) in [4.78, 5) is 13.2. The van der Waals surface area contributed by atoms with Gasteiger partial charge in [0, 0.05) is 0 Å². The summed E-state index contributed by atoms with van der Waals surface area (Å²) < 4.78 is 32.2. The van der Waals surface area contributed by atoms with Crippen LogP contribution >= 0.6 is 0 Å². The summed E-state index contributed by atoms with van der Waals surface area (Å²) in [6.45, 7) is 5.04. The molecule has 19 heavy (non-hydrogen) atoms. The van der Waals surface area contributed by atoms with E-state index in [1.807, 2.05) is 0 Å². The SMILES string of the molecule is CC(C)(C)OC(=O)N1C[C@@H](OS(C)(=O)=O)C[C@H]1CO. The first kappa shape index (κ1) is 16.2. The molecule has 0 unspecified atom stereocenters. The second kappa shape index (κ2) is 5.64. The summed E-state index contributed by atoms with van der Waals surface area (Å²) in [6, 6.07) is -0.485. The van der Waals surface area contributed by atoms with Crippen molar-refractivity contribution in [2.45, 2.75) is 44.9 Å². The Balaban J connectivity index is 2.70. The van der Waals surface area contributed by atoms with Crippen molar-refractivity contribution in [2.75, 3.05) is 19.4 Å². The molecule has 0 aromatic heterocycles. The van der Waals surface area contributed by atoms with Gasteiger partial charge in [-0.1, -0.05) is 0 Å². The van der Waals surface area contributed by atoms with Crippen LogP contribution in [0.15, 0.2) is 0 Å². The topological polar surface area (TPSA) is 93.1 Å². The van der Waals surface area contributed by atoms with Crippen LogP contribution in [0.3, 0.4) is 0 Å². The minimum absolute atomic E-state index is 0.0905. The highest BCUT2D eigenvalue weighted by atomic mass is 32.2. The zero-order valence-corrected chi connectivity index (χ0v) is 12.4. The Morgan fingerprint density at radius 3 is 2.42 bits per heavy atom. The monoisotopic (exact) mass is 295 g/mol. The molecular formula is C11H21NO6S. The van der Waals surface area contributed by atoms with Crippen LogP contribution in [0.1, 0.15) is 27.2 Å². The Kier molecular flexibility index (Phi) is 4.81. The van der Waals surface area contributed by atoms with Crippen LogP contribution in [-0.4, -0.2) is 61.7 Å². The zero-order valence-electron chi connectivity index (χ0n) is 11.6. The van der Waals surface area contributed by atoms with Crippen molar-refractivity contribution in [3.05, 3.63) is 0 Å². The number of rotatable bonds is 3.